The van der Waals surface area contributed by atoms with Gasteiger partial charge in [0.2, 0.25) is 0 Å². The van der Waals surface area contributed by atoms with Gasteiger partial charge in [-0.3, -0.25) is 19.8 Å². The predicted molar refractivity (Wildman–Crippen MR) is 113 cm³/mol. The van der Waals surface area contributed by atoms with Crippen molar-refractivity contribution in [3.05, 3.63) is 63.2 Å². The summed E-state index contributed by atoms with van der Waals surface area (Å²) < 4.78 is 0.881. The Morgan fingerprint density at radius 3 is 2.71 bits per heavy atom. The molecule has 0 saturated heterocycles. The number of thiazole rings is 1. The van der Waals surface area contributed by atoms with Crippen LogP contribution in [0.15, 0.2) is 42.5 Å². The number of fused-ring (bicyclic) bond motifs is 1. The monoisotopic (exact) mass is 418 g/mol. The lowest BCUT2D eigenvalue weighted by Crippen LogP contribution is -2.33. The van der Waals surface area contributed by atoms with Crippen LogP contribution >= 0.6 is 22.9 Å². The molecule has 0 fully saturated rings. The van der Waals surface area contributed by atoms with Crippen LogP contribution in [-0.2, 0) is 0 Å². The Labute approximate surface area is 171 Å². The standard InChI is InChI=1S/C19H19ClN4O3S/c1-22(2)9-4-10-23(18(25)13-5-3-6-15(11-13)24(26)27)19-21-16-8-7-14(20)12-17(16)28-19/h3,5-8,11-12H,4,9-10H2,1-2H3. The van der Waals surface area contributed by atoms with Crippen molar-refractivity contribution < 1.29 is 9.72 Å². The molecule has 0 aliphatic rings. The van der Waals surface area contributed by atoms with Crippen LogP contribution in [0.1, 0.15) is 16.8 Å². The van der Waals surface area contributed by atoms with Crippen LogP contribution in [-0.4, -0.2) is 47.9 Å². The van der Waals surface area contributed by atoms with E-state index in [1.165, 1.54) is 29.5 Å². The Morgan fingerprint density at radius 2 is 2.00 bits per heavy atom. The van der Waals surface area contributed by atoms with Gasteiger partial charge in [0.1, 0.15) is 0 Å². The van der Waals surface area contributed by atoms with Gasteiger partial charge in [-0.15, -0.1) is 0 Å². The van der Waals surface area contributed by atoms with Crippen LogP contribution in [0.2, 0.25) is 5.02 Å². The molecule has 0 spiro atoms. The first kappa shape index (κ1) is 20.2. The molecule has 0 N–H and O–H groups in total. The number of anilines is 1. The lowest BCUT2D eigenvalue weighted by Gasteiger charge is -2.21. The van der Waals surface area contributed by atoms with E-state index in [9.17, 15) is 14.9 Å². The molecule has 0 atom stereocenters. The average Bonchev–Trinajstić information content (AvgIpc) is 3.07. The second-order valence-corrected chi connectivity index (χ2v) is 7.98. The molecule has 7 nitrogen and oxygen atoms in total. The summed E-state index contributed by atoms with van der Waals surface area (Å²) in [6, 6.07) is 11.1. The molecular formula is C19H19ClN4O3S. The molecule has 0 aliphatic heterocycles. The highest BCUT2D eigenvalue weighted by Crippen LogP contribution is 2.32. The number of amides is 1. The first-order valence-electron chi connectivity index (χ1n) is 8.62. The van der Waals surface area contributed by atoms with E-state index in [1.54, 1.807) is 17.0 Å². The highest BCUT2D eigenvalue weighted by atomic mass is 35.5. The Morgan fingerprint density at radius 1 is 1.21 bits per heavy atom. The van der Waals surface area contributed by atoms with Crippen molar-refractivity contribution in [1.29, 1.82) is 0 Å². The maximum atomic E-state index is 13.2. The first-order valence-corrected chi connectivity index (χ1v) is 9.82. The number of aromatic nitrogens is 1. The predicted octanol–water partition coefficient (Wildman–Crippen LogP) is 4.46. The summed E-state index contributed by atoms with van der Waals surface area (Å²) in [5.74, 6) is -0.312. The SMILES string of the molecule is CN(C)CCCN(C(=O)c1cccc([N+](=O)[O-])c1)c1nc2ccc(Cl)cc2s1. The molecule has 146 valence electrons. The Bertz CT molecular complexity index is 1020. The van der Waals surface area contributed by atoms with E-state index >= 15 is 0 Å². The number of halogens is 1. The van der Waals surface area contributed by atoms with Gasteiger partial charge in [0, 0.05) is 29.3 Å². The van der Waals surface area contributed by atoms with Crippen molar-refractivity contribution in [2.45, 2.75) is 6.42 Å². The number of hydrogen-bond donors (Lipinski definition) is 0. The fraction of sp³-hybridized carbons (Fsp3) is 0.263. The maximum absolute atomic E-state index is 13.2. The van der Waals surface area contributed by atoms with Gasteiger partial charge in [0.15, 0.2) is 5.13 Å². The molecule has 28 heavy (non-hydrogen) atoms. The molecule has 1 heterocycles. The number of nitrogens with zero attached hydrogens (tertiary/aromatic N) is 4. The normalized spacial score (nSPS) is 11.1. The van der Waals surface area contributed by atoms with Gasteiger partial charge in [0.25, 0.3) is 11.6 Å². The zero-order valence-electron chi connectivity index (χ0n) is 15.5. The number of rotatable bonds is 7. The van der Waals surface area contributed by atoms with Crippen molar-refractivity contribution in [3.63, 3.8) is 0 Å². The fourth-order valence-electron chi connectivity index (χ4n) is 2.74. The van der Waals surface area contributed by atoms with Crippen molar-refractivity contribution in [2.24, 2.45) is 0 Å². The van der Waals surface area contributed by atoms with E-state index in [0.29, 0.717) is 16.7 Å². The summed E-state index contributed by atoms with van der Waals surface area (Å²) in [5, 5.41) is 12.2. The molecule has 0 radical (unpaired) electrons. The lowest BCUT2D eigenvalue weighted by molar-refractivity contribution is -0.384. The first-order chi connectivity index (χ1) is 13.3. The number of nitro groups is 1. The molecule has 3 rings (SSSR count). The Balaban J connectivity index is 1.96. The zero-order chi connectivity index (χ0) is 20.3. The van der Waals surface area contributed by atoms with E-state index in [0.717, 1.165) is 23.2 Å². The summed E-state index contributed by atoms with van der Waals surface area (Å²) >= 11 is 7.43. The Hall–Kier alpha value is -2.55. The zero-order valence-corrected chi connectivity index (χ0v) is 17.0. The van der Waals surface area contributed by atoms with Gasteiger partial charge in [-0.05, 0) is 51.3 Å². The van der Waals surface area contributed by atoms with E-state index in [2.05, 4.69) is 4.98 Å². The highest BCUT2D eigenvalue weighted by Gasteiger charge is 2.22. The van der Waals surface area contributed by atoms with Crippen LogP contribution < -0.4 is 4.90 Å². The van der Waals surface area contributed by atoms with Crippen LogP contribution in [0, 0.1) is 10.1 Å². The van der Waals surface area contributed by atoms with Crippen molar-refractivity contribution in [1.82, 2.24) is 9.88 Å². The molecule has 0 aliphatic carbocycles. The van der Waals surface area contributed by atoms with Gasteiger partial charge >= 0.3 is 0 Å². The molecule has 9 heteroatoms. The second-order valence-electron chi connectivity index (χ2n) is 6.53. The molecule has 0 unspecified atom stereocenters. The molecule has 2 aromatic carbocycles. The van der Waals surface area contributed by atoms with E-state index in [4.69, 9.17) is 11.6 Å². The third kappa shape index (κ3) is 4.64. The maximum Gasteiger partial charge on any atom is 0.270 e. The topological polar surface area (TPSA) is 79.6 Å². The van der Waals surface area contributed by atoms with Gasteiger partial charge < -0.3 is 4.90 Å². The Kier molecular flexibility index (Phi) is 6.23. The fourth-order valence-corrected chi connectivity index (χ4v) is 4.01. The third-order valence-electron chi connectivity index (χ3n) is 4.11. The van der Waals surface area contributed by atoms with Crippen LogP contribution in [0.4, 0.5) is 10.8 Å². The smallest absolute Gasteiger partial charge is 0.270 e. The van der Waals surface area contributed by atoms with Crippen molar-refractivity contribution >= 4 is 49.9 Å². The summed E-state index contributed by atoms with van der Waals surface area (Å²) in [4.78, 5) is 31.9. The summed E-state index contributed by atoms with van der Waals surface area (Å²) in [5.41, 5.74) is 0.903. The van der Waals surface area contributed by atoms with Gasteiger partial charge in [0.05, 0.1) is 15.1 Å². The average molecular weight is 419 g/mol. The number of carbonyl (C=O) groups is 1. The van der Waals surface area contributed by atoms with Crippen molar-refractivity contribution in [2.75, 3.05) is 32.1 Å². The van der Waals surface area contributed by atoms with Crippen molar-refractivity contribution in [3.8, 4) is 0 Å². The minimum Gasteiger partial charge on any atom is -0.309 e. The van der Waals surface area contributed by atoms with Gasteiger partial charge in [-0.25, -0.2) is 4.98 Å². The minimum absolute atomic E-state index is 0.116. The number of carbonyl (C=O) groups excluding carboxylic acids is 1. The third-order valence-corrected chi connectivity index (χ3v) is 5.38. The van der Waals surface area contributed by atoms with Crippen LogP contribution in [0.5, 0.6) is 0 Å². The van der Waals surface area contributed by atoms with E-state index in [1.807, 2.05) is 31.1 Å². The number of non-ortho nitro benzene ring substituents is 1. The van der Waals surface area contributed by atoms with Crippen LogP contribution in [0.25, 0.3) is 10.2 Å². The lowest BCUT2D eigenvalue weighted by atomic mass is 10.1. The summed E-state index contributed by atoms with van der Waals surface area (Å²) in [6.45, 7) is 1.25. The largest absolute Gasteiger partial charge is 0.309 e. The molecule has 1 amide bonds. The van der Waals surface area contributed by atoms with Gasteiger partial charge in [-0.2, -0.15) is 0 Å². The number of nitro benzene ring substituents is 1. The van der Waals surface area contributed by atoms with E-state index < -0.39 is 4.92 Å². The molecule has 3 aromatic rings. The van der Waals surface area contributed by atoms with Gasteiger partial charge in [-0.1, -0.05) is 29.0 Å². The second kappa shape index (κ2) is 8.64. The van der Waals surface area contributed by atoms with E-state index in [-0.39, 0.29) is 17.2 Å². The highest BCUT2D eigenvalue weighted by molar-refractivity contribution is 7.22. The molecule has 0 bridgehead atoms. The minimum atomic E-state index is -0.507. The number of benzene rings is 2. The van der Waals surface area contributed by atoms with Crippen LogP contribution in [0.3, 0.4) is 0 Å². The quantitative estimate of drug-likeness (QED) is 0.418. The summed E-state index contributed by atoms with van der Waals surface area (Å²) in [6.07, 6.45) is 0.740. The number of hydrogen-bond acceptors (Lipinski definition) is 6. The summed E-state index contributed by atoms with van der Waals surface area (Å²) in [7, 11) is 3.93. The molecule has 0 saturated carbocycles. The molecule has 1 aromatic heterocycles. The molecular weight excluding hydrogens is 400 g/mol.